The number of methoxy groups -OCH3 is 1. The molecule has 34 heavy (non-hydrogen) atoms. The molecule has 0 aliphatic heterocycles. The summed E-state index contributed by atoms with van der Waals surface area (Å²) in [5.74, 6) is -1.09. The summed E-state index contributed by atoms with van der Waals surface area (Å²) in [6.07, 6.45) is -3.34. The molecule has 0 spiro atoms. The maximum atomic E-state index is 12.5. The van der Waals surface area contributed by atoms with Crippen LogP contribution in [0.15, 0.2) is 53.5 Å². The number of hydrogen-bond acceptors (Lipinski definition) is 6. The Morgan fingerprint density at radius 1 is 1.15 bits per heavy atom. The second kappa shape index (κ2) is 10.1. The third-order valence-corrected chi connectivity index (χ3v) is 4.57. The number of carboxylic acids is 1. The summed E-state index contributed by atoms with van der Waals surface area (Å²) in [5, 5.41) is 14.6. The number of carbonyl (C=O) groups is 1. The average molecular weight is 476 g/mol. The third kappa shape index (κ3) is 5.71. The molecular formula is C22H19F3N4O5. The number of benzene rings is 2. The minimum Gasteiger partial charge on any atom is -0.493 e. The maximum Gasteiger partial charge on any atom is 0.490 e. The molecule has 3 N–H and O–H groups in total. The first-order valence-electron chi connectivity index (χ1n) is 9.69. The maximum absolute atomic E-state index is 12.5. The first-order chi connectivity index (χ1) is 16.1. The lowest BCUT2D eigenvalue weighted by Gasteiger charge is -2.10. The van der Waals surface area contributed by atoms with Crippen LogP contribution in [0, 0.1) is 6.92 Å². The largest absolute Gasteiger partial charge is 0.493 e. The Balaban J connectivity index is 0.000000406. The zero-order valence-corrected chi connectivity index (χ0v) is 17.9. The summed E-state index contributed by atoms with van der Waals surface area (Å²) in [5.41, 5.74) is 3.23. The van der Waals surface area contributed by atoms with Crippen LogP contribution in [0.5, 0.6) is 11.5 Å². The SMILES string of the molecule is COc1ccccc1OCc1nc2ccc(-c3cn[nH]c3C)cc2c(=O)[nH]1.O=C(O)C(F)(F)F. The molecule has 0 bridgehead atoms. The average Bonchev–Trinajstić information content (AvgIpc) is 3.23. The zero-order chi connectivity index (χ0) is 24.9. The summed E-state index contributed by atoms with van der Waals surface area (Å²) in [6, 6.07) is 12.9. The van der Waals surface area contributed by atoms with Crippen LogP contribution in [-0.2, 0) is 11.4 Å². The highest BCUT2D eigenvalue weighted by atomic mass is 19.4. The fourth-order valence-electron chi connectivity index (χ4n) is 2.95. The van der Waals surface area contributed by atoms with Gasteiger partial charge in [-0.1, -0.05) is 18.2 Å². The minimum atomic E-state index is -5.08. The van der Waals surface area contributed by atoms with Crippen molar-refractivity contribution in [3.8, 4) is 22.6 Å². The number of H-pyrrole nitrogens is 2. The molecule has 0 aliphatic rings. The van der Waals surface area contributed by atoms with Crippen molar-refractivity contribution in [1.29, 1.82) is 0 Å². The topological polar surface area (TPSA) is 130 Å². The molecular weight excluding hydrogens is 457 g/mol. The fourth-order valence-corrected chi connectivity index (χ4v) is 2.95. The van der Waals surface area contributed by atoms with E-state index in [9.17, 15) is 18.0 Å². The van der Waals surface area contributed by atoms with Gasteiger partial charge < -0.3 is 19.6 Å². The first kappa shape index (κ1) is 24.3. The van der Waals surface area contributed by atoms with Crippen LogP contribution in [0.2, 0.25) is 0 Å². The number of hydrogen-bond donors (Lipinski definition) is 3. The molecule has 0 atom stereocenters. The molecule has 0 unspecified atom stereocenters. The van der Waals surface area contributed by atoms with Gasteiger partial charge in [0.05, 0.1) is 24.2 Å². The van der Waals surface area contributed by atoms with E-state index in [0.717, 1.165) is 16.8 Å². The fraction of sp³-hybridized carbons (Fsp3) is 0.182. The highest BCUT2D eigenvalue weighted by Gasteiger charge is 2.38. The lowest BCUT2D eigenvalue weighted by molar-refractivity contribution is -0.192. The number of alkyl halides is 3. The molecule has 2 aromatic heterocycles. The molecule has 0 aliphatic carbocycles. The molecule has 0 amide bonds. The quantitative estimate of drug-likeness (QED) is 0.399. The molecule has 0 saturated heterocycles. The van der Waals surface area contributed by atoms with Gasteiger partial charge in [0, 0.05) is 11.3 Å². The van der Waals surface area contributed by atoms with Crippen LogP contribution in [0.4, 0.5) is 13.2 Å². The van der Waals surface area contributed by atoms with Crippen molar-refractivity contribution in [3.63, 3.8) is 0 Å². The Morgan fingerprint density at radius 2 is 1.82 bits per heavy atom. The Labute approximate surface area is 190 Å². The molecule has 9 nitrogen and oxygen atoms in total. The van der Waals surface area contributed by atoms with E-state index < -0.39 is 12.1 Å². The molecule has 0 radical (unpaired) electrons. The van der Waals surface area contributed by atoms with Crippen molar-refractivity contribution in [3.05, 3.63) is 70.5 Å². The Kier molecular flexibility index (Phi) is 7.19. The van der Waals surface area contributed by atoms with Crippen LogP contribution < -0.4 is 15.0 Å². The summed E-state index contributed by atoms with van der Waals surface area (Å²) < 4.78 is 42.7. The molecule has 0 saturated carbocycles. The number of rotatable bonds is 5. The smallest absolute Gasteiger partial charge is 0.490 e. The standard InChI is InChI=1S/C20H18N4O3.C2HF3O2/c1-12-15(10-21-24-12)13-7-8-16-14(9-13)20(25)23-19(22-16)11-27-18-6-4-3-5-17(18)26-2;3-2(4,5)1(6)7/h3-10H,11H2,1-2H3,(H,21,24)(H,22,23,25);(H,6,7). The van der Waals surface area contributed by atoms with E-state index in [1.54, 1.807) is 19.4 Å². The molecule has 2 aromatic carbocycles. The van der Waals surface area contributed by atoms with Crippen LogP contribution in [0.3, 0.4) is 0 Å². The van der Waals surface area contributed by atoms with Gasteiger partial charge in [-0.2, -0.15) is 18.3 Å². The molecule has 2 heterocycles. The predicted octanol–water partition coefficient (Wildman–Crippen LogP) is 3.84. The van der Waals surface area contributed by atoms with Crippen molar-refractivity contribution >= 4 is 16.9 Å². The second-order valence-electron chi connectivity index (χ2n) is 6.90. The van der Waals surface area contributed by atoms with E-state index in [4.69, 9.17) is 19.4 Å². The minimum absolute atomic E-state index is 0.133. The summed E-state index contributed by atoms with van der Waals surface area (Å²) in [7, 11) is 1.58. The molecule has 178 valence electrons. The number of fused-ring (bicyclic) bond motifs is 1. The number of nitrogens with zero attached hydrogens (tertiary/aromatic N) is 2. The number of aromatic amines is 2. The second-order valence-corrected chi connectivity index (χ2v) is 6.90. The Bertz CT molecular complexity index is 1360. The number of nitrogens with one attached hydrogen (secondary N) is 2. The van der Waals surface area contributed by atoms with E-state index in [1.807, 2.05) is 43.3 Å². The predicted molar refractivity (Wildman–Crippen MR) is 116 cm³/mol. The van der Waals surface area contributed by atoms with Gasteiger partial charge in [0.1, 0.15) is 12.4 Å². The normalized spacial score (nSPS) is 11.0. The highest BCUT2D eigenvalue weighted by molar-refractivity contribution is 5.84. The summed E-state index contributed by atoms with van der Waals surface area (Å²) in [6.45, 7) is 2.07. The molecule has 12 heteroatoms. The van der Waals surface area contributed by atoms with E-state index in [-0.39, 0.29) is 12.2 Å². The number of halogens is 3. The van der Waals surface area contributed by atoms with Crippen LogP contribution in [0.25, 0.3) is 22.0 Å². The van der Waals surface area contributed by atoms with Crippen LogP contribution in [-0.4, -0.2) is 44.5 Å². The van der Waals surface area contributed by atoms with Crippen LogP contribution >= 0.6 is 0 Å². The number of aliphatic carboxylic acids is 1. The van der Waals surface area contributed by atoms with Crippen molar-refractivity contribution in [1.82, 2.24) is 20.2 Å². The van der Waals surface area contributed by atoms with Crippen molar-refractivity contribution < 1.29 is 32.5 Å². The van der Waals surface area contributed by atoms with E-state index in [2.05, 4.69) is 20.2 Å². The highest BCUT2D eigenvalue weighted by Crippen LogP contribution is 2.27. The van der Waals surface area contributed by atoms with Crippen LogP contribution in [0.1, 0.15) is 11.5 Å². The van der Waals surface area contributed by atoms with Gasteiger partial charge in [0.15, 0.2) is 11.5 Å². The van der Waals surface area contributed by atoms with Gasteiger partial charge in [-0.3, -0.25) is 9.89 Å². The lowest BCUT2D eigenvalue weighted by atomic mass is 10.0. The Hall–Kier alpha value is -4.35. The van der Waals surface area contributed by atoms with Crippen molar-refractivity contribution in [2.75, 3.05) is 7.11 Å². The third-order valence-electron chi connectivity index (χ3n) is 4.57. The van der Waals surface area contributed by atoms with Crippen molar-refractivity contribution in [2.45, 2.75) is 19.7 Å². The van der Waals surface area contributed by atoms with Gasteiger partial charge >= 0.3 is 12.1 Å². The van der Waals surface area contributed by atoms with Gasteiger partial charge in [-0.05, 0) is 36.8 Å². The zero-order valence-electron chi connectivity index (χ0n) is 17.9. The summed E-state index contributed by atoms with van der Waals surface area (Å²) >= 11 is 0. The van der Waals surface area contributed by atoms with E-state index in [1.165, 1.54) is 0 Å². The van der Waals surface area contributed by atoms with Gasteiger partial charge in [-0.25, -0.2) is 9.78 Å². The molecule has 4 aromatic rings. The number of aromatic nitrogens is 4. The van der Waals surface area contributed by atoms with Gasteiger partial charge in [0.2, 0.25) is 0 Å². The van der Waals surface area contributed by atoms with Crippen molar-refractivity contribution in [2.24, 2.45) is 0 Å². The van der Waals surface area contributed by atoms with E-state index in [0.29, 0.717) is 28.2 Å². The molecule has 4 rings (SSSR count). The summed E-state index contributed by atoms with van der Waals surface area (Å²) in [4.78, 5) is 28.7. The number of aryl methyl sites for hydroxylation is 1. The van der Waals surface area contributed by atoms with Gasteiger partial charge in [-0.15, -0.1) is 0 Å². The monoisotopic (exact) mass is 476 g/mol. The number of ether oxygens (including phenoxy) is 2. The van der Waals surface area contributed by atoms with Gasteiger partial charge in [0.25, 0.3) is 5.56 Å². The first-order valence-corrected chi connectivity index (χ1v) is 9.69. The lowest BCUT2D eigenvalue weighted by Crippen LogP contribution is -2.21. The number of carboxylic acid groups (broad SMARTS) is 1. The Morgan fingerprint density at radius 3 is 2.41 bits per heavy atom. The number of para-hydroxylation sites is 2. The van der Waals surface area contributed by atoms with E-state index >= 15 is 0 Å². The molecule has 0 fully saturated rings.